The van der Waals surface area contributed by atoms with Crippen LogP contribution in [0.3, 0.4) is 0 Å². The molecule has 3 atom stereocenters. The zero-order valence-corrected chi connectivity index (χ0v) is 27.9. The number of nitrogens with one attached hydrogen (secondary N) is 4. The summed E-state index contributed by atoms with van der Waals surface area (Å²) in [6, 6.07) is 4.13. The Balaban J connectivity index is 1.93. The number of hydrogen-bond donors (Lipinski definition) is 5. The van der Waals surface area contributed by atoms with Crippen LogP contribution < -0.4 is 27.0 Å². The van der Waals surface area contributed by atoms with Gasteiger partial charge in [-0.15, -0.1) is 0 Å². The fraction of sp³-hybridized carbons (Fsp3) is 0.606. The Morgan fingerprint density at radius 2 is 1.66 bits per heavy atom. The predicted octanol–water partition coefficient (Wildman–Crippen LogP) is 2.50. The minimum atomic E-state index is -0.983. The fourth-order valence-corrected chi connectivity index (χ4v) is 5.05. The lowest BCUT2D eigenvalue weighted by atomic mass is 10.0. The number of amides is 7. The molecule has 0 saturated carbocycles. The highest BCUT2D eigenvalue weighted by molar-refractivity contribution is 6.03. The number of esters is 1. The van der Waals surface area contributed by atoms with Gasteiger partial charge in [0.25, 0.3) is 0 Å². The van der Waals surface area contributed by atoms with E-state index in [0.717, 1.165) is 5.56 Å². The average molecular weight is 659 g/mol. The number of carbonyl (C=O) groups excluding carboxylic acids is 7. The van der Waals surface area contributed by atoms with Gasteiger partial charge in [0, 0.05) is 44.0 Å². The van der Waals surface area contributed by atoms with Crippen molar-refractivity contribution in [1.82, 2.24) is 20.9 Å². The topological polar surface area (TPSA) is 206 Å². The molecule has 1 aliphatic heterocycles. The van der Waals surface area contributed by atoms with Gasteiger partial charge in [-0.3, -0.25) is 33.7 Å². The molecule has 0 bridgehead atoms. The molecule has 2 rings (SSSR count). The van der Waals surface area contributed by atoms with Gasteiger partial charge in [-0.2, -0.15) is 0 Å². The predicted molar refractivity (Wildman–Crippen MR) is 174 cm³/mol. The quantitative estimate of drug-likeness (QED) is 0.0797. The molecule has 6 N–H and O–H groups in total. The van der Waals surface area contributed by atoms with E-state index in [4.69, 9.17) is 10.5 Å². The molecule has 0 spiro atoms. The van der Waals surface area contributed by atoms with Crippen LogP contribution in [0.5, 0.6) is 0 Å². The summed E-state index contributed by atoms with van der Waals surface area (Å²) in [6.45, 7) is 7.79. The summed E-state index contributed by atoms with van der Waals surface area (Å²) >= 11 is 0. The van der Waals surface area contributed by atoms with Crippen LogP contribution in [0.4, 0.5) is 10.5 Å². The Labute approximate surface area is 276 Å². The van der Waals surface area contributed by atoms with Gasteiger partial charge in [0.15, 0.2) is 0 Å². The number of carbonyl (C=O) groups is 7. The van der Waals surface area contributed by atoms with Crippen LogP contribution in [0, 0.1) is 11.8 Å². The highest BCUT2D eigenvalue weighted by Crippen LogP contribution is 2.23. The number of imide groups is 1. The van der Waals surface area contributed by atoms with E-state index in [1.807, 2.05) is 6.92 Å². The number of nitrogens with zero attached hydrogens (tertiary/aromatic N) is 1. The maximum atomic E-state index is 13.4. The van der Waals surface area contributed by atoms with Gasteiger partial charge in [0.1, 0.15) is 18.7 Å². The Hall–Kier alpha value is -4.49. The fourth-order valence-electron chi connectivity index (χ4n) is 5.05. The molecule has 14 nitrogen and oxygen atoms in total. The summed E-state index contributed by atoms with van der Waals surface area (Å²) < 4.78 is 5.12. The van der Waals surface area contributed by atoms with Gasteiger partial charge < -0.3 is 31.7 Å². The van der Waals surface area contributed by atoms with Crippen LogP contribution in [0.25, 0.3) is 0 Å². The summed E-state index contributed by atoms with van der Waals surface area (Å²) in [6.07, 6.45) is 3.59. The van der Waals surface area contributed by atoms with E-state index < -0.39 is 29.9 Å². The van der Waals surface area contributed by atoms with Crippen molar-refractivity contribution >= 4 is 47.2 Å². The summed E-state index contributed by atoms with van der Waals surface area (Å²) in [4.78, 5) is 87.6. The Morgan fingerprint density at radius 3 is 2.26 bits per heavy atom. The van der Waals surface area contributed by atoms with Crippen molar-refractivity contribution in [1.29, 1.82) is 0 Å². The molecule has 7 amide bonds. The minimum Gasteiger partial charge on any atom is -0.461 e. The van der Waals surface area contributed by atoms with Crippen molar-refractivity contribution in [3.63, 3.8) is 0 Å². The molecule has 47 heavy (non-hydrogen) atoms. The lowest BCUT2D eigenvalue weighted by Gasteiger charge is -2.25. The number of benzene rings is 1. The maximum absolute atomic E-state index is 13.4. The Kier molecular flexibility index (Phi) is 16.4. The van der Waals surface area contributed by atoms with Gasteiger partial charge in [-0.1, -0.05) is 46.2 Å². The second-order valence-corrected chi connectivity index (χ2v) is 12.0. The third kappa shape index (κ3) is 13.4. The molecule has 1 aliphatic rings. The number of ether oxygens (including phenoxy) is 1. The first kappa shape index (κ1) is 38.7. The van der Waals surface area contributed by atoms with E-state index in [9.17, 15) is 33.6 Å². The smallest absolute Gasteiger partial charge is 0.312 e. The molecule has 1 saturated heterocycles. The number of likely N-dealkylation sites (tertiary alicyclic amines) is 1. The third-order valence-electron chi connectivity index (χ3n) is 7.89. The van der Waals surface area contributed by atoms with Gasteiger partial charge in [-0.05, 0) is 55.7 Å². The van der Waals surface area contributed by atoms with Crippen molar-refractivity contribution in [2.24, 2.45) is 17.6 Å². The van der Waals surface area contributed by atoms with E-state index in [2.05, 4.69) is 21.3 Å². The first-order valence-corrected chi connectivity index (χ1v) is 16.4. The van der Waals surface area contributed by atoms with Crippen LogP contribution in [0.15, 0.2) is 24.3 Å². The number of primary amides is 1. The number of anilines is 1. The number of urea groups is 1. The highest BCUT2D eigenvalue weighted by atomic mass is 16.5. The second-order valence-electron chi connectivity index (χ2n) is 12.0. The summed E-state index contributed by atoms with van der Waals surface area (Å²) in [5.74, 6) is -2.45. The van der Waals surface area contributed by atoms with E-state index in [1.165, 1.54) is 4.90 Å². The summed E-state index contributed by atoms with van der Waals surface area (Å²) in [5.41, 5.74) is 6.34. The van der Waals surface area contributed by atoms with Crippen molar-refractivity contribution in [3.8, 4) is 0 Å². The molecule has 1 aromatic rings. The maximum Gasteiger partial charge on any atom is 0.312 e. The monoisotopic (exact) mass is 658 g/mol. The number of hydrogen-bond acceptors (Lipinski definition) is 8. The summed E-state index contributed by atoms with van der Waals surface area (Å²) in [7, 11) is 0. The SMILES string of the molecule is CCC(=O)OCc1ccc(NC(=O)[C@H](CCCNC(N)=O)NC(=O)[C@@H](NC(=O)CCCCCN2C(=O)CC(CC)C2=O)C(C)C)cc1. The second kappa shape index (κ2) is 19.9. The lowest BCUT2D eigenvalue weighted by molar-refractivity contribution is -0.144. The van der Waals surface area contributed by atoms with Gasteiger partial charge in [0.05, 0.1) is 0 Å². The van der Waals surface area contributed by atoms with Crippen LogP contribution in [0.2, 0.25) is 0 Å². The molecule has 260 valence electrons. The first-order valence-electron chi connectivity index (χ1n) is 16.4. The van der Waals surface area contributed by atoms with Crippen molar-refractivity contribution in [2.45, 2.75) is 104 Å². The molecular weight excluding hydrogens is 608 g/mol. The van der Waals surface area contributed by atoms with Crippen molar-refractivity contribution < 1.29 is 38.3 Å². The van der Waals surface area contributed by atoms with Gasteiger partial charge >= 0.3 is 12.0 Å². The van der Waals surface area contributed by atoms with E-state index in [1.54, 1.807) is 45.0 Å². The first-order chi connectivity index (χ1) is 22.4. The van der Waals surface area contributed by atoms with Gasteiger partial charge in [-0.25, -0.2) is 4.79 Å². The average Bonchev–Trinajstić information content (AvgIpc) is 3.31. The molecule has 1 unspecified atom stereocenters. The zero-order valence-electron chi connectivity index (χ0n) is 27.9. The molecule has 1 fully saturated rings. The van der Waals surface area contributed by atoms with Crippen molar-refractivity contribution in [3.05, 3.63) is 29.8 Å². The highest BCUT2D eigenvalue weighted by Gasteiger charge is 2.36. The number of rotatable bonds is 20. The standard InChI is InChI=1S/C33H50N6O8/c1-5-23-19-27(41)39(32(23)45)18-9-7-8-12-26(40)38-29(21(3)4)31(44)37-25(11-10-17-35-33(34)46)30(43)36-24-15-13-22(14-16-24)20-47-28(42)6-2/h13-16,21,23,25,29H,5-12,17-20H2,1-4H3,(H,36,43)(H,37,44)(H,38,40)(H3,34,35,46)/t23?,25-,29-/m0/s1. The number of unbranched alkanes of at least 4 members (excludes halogenated alkanes) is 2. The van der Waals surface area contributed by atoms with E-state index in [-0.39, 0.29) is 74.4 Å². The minimum absolute atomic E-state index is 0.106. The van der Waals surface area contributed by atoms with Crippen LogP contribution in [-0.4, -0.2) is 71.6 Å². The van der Waals surface area contributed by atoms with Crippen LogP contribution in [0.1, 0.15) is 91.0 Å². The number of nitrogens with two attached hydrogens (primary N) is 1. The van der Waals surface area contributed by atoms with E-state index in [0.29, 0.717) is 44.3 Å². The van der Waals surface area contributed by atoms with Crippen LogP contribution in [-0.2, 0) is 40.1 Å². The molecule has 0 aliphatic carbocycles. The van der Waals surface area contributed by atoms with Crippen LogP contribution >= 0.6 is 0 Å². The Morgan fingerprint density at radius 1 is 0.957 bits per heavy atom. The van der Waals surface area contributed by atoms with Crippen molar-refractivity contribution in [2.75, 3.05) is 18.4 Å². The third-order valence-corrected chi connectivity index (χ3v) is 7.89. The Bertz CT molecular complexity index is 1250. The molecule has 1 heterocycles. The largest absolute Gasteiger partial charge is 0.461 e. The zero-order chi connectivity index (χ0) is 34.9. The molecule has 0 radical (unpaired) electrons. The molecule has 14 heteroatoms. The normalized spacial score (nSPS) is 15.6. The van der Waals surface area contributed by atoms with Gasteiger partial charge in [0.2, 0.25) is 29.5 Å². The lowest BCUT2D eigenvalue weighted by Crippen LogP contribution is -2.54. The van der Waals surface area contributed by atoms with E-state index >= 15 is 0 Å². The molecular formula is C33H50N6O8. The molecule has 0 aromatic heterocycles. The molecule has 1 aromatic carbocycles. The summed E-state index contributed by atoms with van der Waals surface area (Å²) in [5, 5.41) is 10.8.